The van der Waals surface area contributed by atoms with Gasteiger partial charge in [-0.15, -0.1) is 0 Å². The lowest BCUT2D eigenvalue weighted by atomic mass is 10.1. The molecule has 1 aromatic carbocycles. The molecule has 7 heteroatoms. The number of hydrogen-bond acceptors (Lipinski definition) is 4. The summed E-state index contributed by atoms with van der Waals surface area (Å²) < 4.78 is 6.29. The summed E-state index contributed by atoms with van der Waals surface area (Å²) in [4.78, 5) is 26.2. The molecule has 114 valence electrons. The van der Waals surface area contributed by atoms with Gasteiger partial charge in [-0.05, 0) is 31.2 Å². The number of hydrogen-bond donors (Lipinski definition) is 0. The van der Waals surface area contributed by atoms with Crippen molar-refractivity contribution in [1.29, 1.82) is 0 Å². The lowest BCUT2D eigenvalue weighted by molar-refractivity contribution is 0.0596. The molecule has 0 radical (unpaired) electrons. The van der Waals surface area contributed by atoms with Gasteiger partial charge in [-0.1, -0.05) is 11.6 Å². The molecule has 0 unspecified atom stereocenters. The van der Waals surface area contributed by atoms with Crippen molar-refractivity contribution in [1.82, 2.24) is 9.78 Å². The van der Waals surface area contributed by atoms with Crippen LogP contribution in [0.1, 0.15) is 33.8 Å². The predicted octanol–water partition coefficient (Wildman–Crippen LogP) is 2.54. The maximum absolute atomic E-state index is 12.8. The number of rotatable bonds is 2. The molecular formula is C15H14ClN3O3. The van der Waals surface area contributed by atoms with Gasteiger partial charge in [0.15, 0.2) is 0 Å². The molecule has 0 fully saturated rings. The molecule has 1 atom stereocenters. The Kier molecular flexibility index (Phi) is 3.62. The summed E-state index contributed by atoms with van der Waals surface area (Å²) in [5.41, 5.74) is 1.16. The highest BCUT2D eigenvalue weighted by Gasteiger charge is 2.35. The quantitative estimate of drug-likeness (QED) is 0.798. The van der Waals surface area contributed by atoms with E-state index in [9.17, 15) is 9.59 Å². The van der Waals surface area contributed by atoms with Crippen molar-refractivity contribution in [3.63, 3.8) is 0 Å². The van der Waals surface area contributed by atoms with Crippen molar-refractivity contribution in [2.24, 2.45) is 0 Å². The number of carbonyl (C=O) groups is 2. The normalized spacial score (nSPS) is 17.3. The van der Waals surface area contributed by atoms with Gasteiger partial charge in [-0.3, -0.25) is 9.48 Å². The molecule has 1 aliphatic rings. The third kappa shape index (κ3) is 2.25. The van der Waals surface area contributed by atoms with E-state index >= 15 is 0 Å². The van der Waals surface area contributed by atoms with Gasteiger partial charge in [0.05, 0.1) is 19.3 Å². The van der Waals surface area contributed by atoms with Gasteiger partial charge in [-0.2, -0.15) is 5.10 Å². The van der Waals surface area contributed by atoms with E-state index in [1.54, 1.807) is 33.8 Å². The first kappa shape index (κ1) is 14.6. The number of fused-ring (bicyclic) bond motifs is 1. The van der Waals surface area contributed by atoms with Crippen molar-refractivity contribution in [2.75, 3.05) is 18.6 Å². The van der Waals surface area contributed by atoms with E-state index in [0.29, 0.717) is 11.6 Å². The highest BCUT2D eigenvalue weighted by Crippen LogP contribution is 2.28. The number of aromatic nitrogens is 2. The lowest BCUT2D eigenvalue weighted by Crippen LogP contribution is -2.43. The van der Waals surface area contributed by atoms with Crippen molar-refractivity contribution in [2.45, 2.75) is 13.0 Å². The zero-order chi connectivity index (χ0) is 15.9. The second kappa shape index (κ2) is 5.46. The molecule has 3 rings (SSSR count). The largest absolute Gasteiger partial charge is 0.465 e. The number of esters is 1. The Labute approximate surface area is 132 Å². The second-order valence-electron chi connectivity index (χ2n) is 5.08. The summed E-state index contributed by atoms with van der Waals surface area (Å²) in [6, 6.07) is 6.94. The van der Waals surface area contributed by atoms with E-state index in [-0.39, 0.29) is 23.2 Å². The minimum absolute atomic E-state index is 0.0539. The van der Waals surface area contributed by atoms with E-state index in [1.807, 2.05) is 6.92 Å². The van der Waals surface area contributed by atoms with E-state index in [0.717, 1.165) is 5.69 Å². The van der Waals surface area contributed by atoms with E-state index in [1.165, 1.54) is 13.3 Å². The third-order valence-electron chi connectivity index (χ3n) is 3.65. The average Bonchev–Trinajstić information content (AvgIpc) is 2.97. The Bertz CT molecular complexity index is 739. The molecule has 1 amide bonds. The fourth-order valence-corrected chi connectivity index (χ4v) is 2.69. The van der Waals surface area contributed by atoms with Crippen LogP contribution in [0.2, 0.25) is 5.02 Å². The standard InChI is InChI=1S/C15H14ClN3O3/c1-9-8-18(11-5-3-10(16)4-6-11)14(20)13-12(15(21)22-2)7-17-19(9)13/h3-7,9H,8H2,1-2H3/t9-/m0/s1. The molecule has 22 heavy (non-hydrogen) atoms. The Morgan fingerprint density at radius 3 is 2.68 bits per heavy atom. The van der Waals surface area contributed by atoms with Gasteiger partial charge in [0.1, 0.15) is 11.3 Å². The third-order valence-corrected chi connectivity index (χ3v) is 3.90. The molecular weight excluding hydrogens is 306 g/mol. The molecule has 2 aromatic rings. The summed E-state index contributed by atoms with van der Waals surface area (Å²) in [5.74, 6) is -0.849. The zero-order valence-corrected chi connectivity index (χ0v) is 12.9. The monoisotopic (exact) mass is 319 g/mol. The van der Waals surface area contributed by atoms with Crippen molar-refractivity contribution >= 4 is 29.2 Å². The van der Waals surface area contributed by atoms with Gasteiger partial charge in [-0.25, -0.2) is 4.79 Å². The van der Waals surface area contributed by atoms with Gasteiger partial charge >= 0.3 is 5.97 Å². The van der Waals surface area contributed by atoms with Crippen LogP contribution in [-0.4, -0.2) is 35.3 Å². The molecule has 0 N–H and O–H groups in total. The smallest absolute Gasteiger partial charge is 0.341 e. The Hall–Kier alpha value is -2.34. The molecule has 0 aliphatic carbocycles. The summed E-state index contributed by atoms with van der Waals surface area (Å²) >= 11 is 5.89. The molecule has 0 spiro atoms. The van der Waals surface area contributed by atoms with Crippen molar-refractivity contribution < 1.29 is 14.3 Å². The van der Waals surface area contributed by atoms with E-state index < -0.39 is 5.97 Å². The first-order valence-corrected chi connectivity index (χ1v) is 7.14. The van der Waals surface area contributed by atoms with Crippen LogP contribution < -0.4 is 4.90 Å². The fourth-order valence-electron chi connectivity index (χ4n) is 2.56. The summed E-state index contributed by atoms with van der Waals surface area (Å²) in [5, 5.41) is 4.75. The van der Waals surface area contributed by atoms with Crippen LogP contribution >= 0.6 is 11.6 Å². The summed E-state index contributed by atoms with van der Waals surface area (Å²) in [6.45, 7) is 2.41. The number of carbonyl (C=O) groups excluding carboxylic acids is 2. The molecule has 0 bridgehead atoms. The number of methoxy groups -OCH3 is 1. The number of nitrogens with zero attached hydrogens (tertiary/aromatic N) is 3. The number of anilines is 1. The van der Waals surface area contributed by atoms with Crippen LogP contribution in [0.25, 0.3) is 0 Å². The zero-order valence-electron chi connectivity index (χ0n) is 12.1. The molecule has 0 saturated carbocycles. The fraction of sp³-hybridized carbons (Fsp3) is 0.267. The van der Waals surface area contributed by atoms with Crippen LogP contribution in [0.5, 0.6) is 0 Å². The SMILES string of the molecule is COC(=O)c1cnn2c1C(=O)N(c1ccc(Cl)cc1)C[C@@H]2C. The number of benzene rings is 1. The highest BCUT2D eigenvalue weighted by atomic mass is 35.5. The van der Waals surface area contributed by atoms with E-state index in [2.05, 4.69) is 5.10 Å². The predicted molar refractivity (Wildman–Crippen MR) is 81.4 cm³/mol. The molecule has 1 aliphatic heterocycles. The summed E-state index contributed by atoms with van der Waals surface area (Å²) in [6.07, 6.45) is 1.38. The number of ether oxygens (including phenoxy) is 1. The minimum Gasteiger partial charge on any atom is -0.465 e. The van der Waals surface area contributed by atoms with E-state index in [4.69, 9.17) is 16.3 Å². The lowest BCUT2D eigenvalue weighted by Gasteiger charge is -2.32. The van der Waals surface area contributed by atoms with Crippen molar-refractivity contribution in [3.05, 3.63) is 46.7 Å². The van der Waals surface area contributed by atoms with Crippen molar-refractivity contribution in [3.8, 4) is 0 Å². The van der Waals surface area contributed by atoms with Crippen LogP contribution in [0.3, 0.4) is 0 Å². The number of amides is 1. The minimum atomic E-state index is -0.570. The topological polar surface area (TPSA) is 64.4 Å². The molecule has 1 aromatic heterocycles. The number of halogens is 1. The Balaban J connectivity index is 2.05. The molecule has 6 nitrogen and oxygen atoms in total. The Morgan fingerprint density at radius 1 is 1.36 bits per heavy atom. The first-order chi connectivity index (χ1) is 10.5. The summed E-state index contributed by atoms with van der Waals surface area (Å²) in [7, 11) is 1.28. The Morgan fingerprint density at radius 2 is 2.05 bits per heavy atom. The molecule has 2 heterocycles. The van der Waals surface area contributed by atoms with Gasteiger partial charge in [0, 0.05) is 17.3 Å². The first-order valence-electron chi connectivity index (χ1n) is 6.76. The highest BCUT2D eigenvalue weighted by molar-refractivity contribution is 6.30. The van der Waals surface area contributed by atoms with Crippen LogP contribution in [0.4, 0.5) is 5.69 Å². The maximum atomic E-state index is 12.8. The van der Waals surface area contributed by atoms with Gasteiger partial charge < -0.3 is 9.64 Å². The van der Waals surface area contributed by atoms with Crippen LogP contribution in [0.15, 0.2) is 30.5 Å². The second-order valence-corrected chi connectivity index (χ2v) is 5.52. The van der Waals surface area contributed by atoms with Crippen LogP contribution in [0, 0.1) is 0 Å². The maximum Gasteiger partial charge on any atom is 0.341 e. The molecule has 0 saturated heterocycles. The van der Waals surface area contributed by atoms with Crippen LogP contribution in [-0.2, 0) is 4.74 Å². The van der Waals surface area contributed by atoms with Gasteiger partial charge in [0.2, 0.25) is 0 Å². The average molecular weight is 320 g/mol. The van der Waals surface area contributed by atoms with Gasteiger partial charge in [0.25, 0.3) is 5.91 Å².